The van der Waals surface area contributed by atoms with Crippen molar-refractivity contribution in [3.8, 4) is 10.4 Å². The largest absolute Gasteiger partial charge is 0.465 e. The standard InChI is InChI=1S/C21H19NO5S2/c1-27-21(24)20-17(12-18(28-20)16-10-6-3-7-11-16)22-19(23)14-29(25,26)13-15-8-4-2-5-9-15/h2-12H,13-14H2,1H3,(H,22,23). The Morgan fingerprint density at radius 2 is 1.62 bits per heavy atom. The second kappa shape index (κ2) is 9.02. The van der Waals surface area contributed by atoms with E-state index in [1.807, 2.05) is 30.3 Å². The lowest BCUT2D eigenvalue weighted by atomic mass is 10.2. The van der Waals surface area contributed by atoms with Crippen LogP contribution in [0.25, 0.3) is 10.4 Å². The Bertz CT molecular complexity index is 1110. The molecule has 0 atom stereocenters. The van der Waals surface area contributed by atoms with Crippen LogP contribution in [0.3, 0.4) is 0 Å². The molecule has 0 radical (unpaired) electrons. The molecule has 1 heterocycles. The third-order valence-electron chi connectivity index (χ3n) is 4.02. The molecular formula is C21H19NO5S2. The van der Waals surface area contributed by atoms with E-state index in [4.69, 9.17) is 4.74 Å². The molecule has 1 aromatic heterocycles. The monoisotopic (exact) mass is 429 g/mol. The summed E-state index contributed by atoms with van der Waals surface area (Å²) in [6, 6.07) is 19.7. The molecule has 29 heavy (non-hydrogen) atoms. The molecule has 2 aromatic carbocycles. The minimum atomic E-state index is -3.66. The molecule has 150 valence electrons. The number of anilines is 1. The zero-order valence-corrected chi connectivity index (χ0v) is 17.3. The maximum atomic E-state index is 12.4. The van der Waals surface area contributed by atoms with Gasteiger partial charge in [0.2, 0.25) is 5.91 Å². The Labute approximate surface area is 173 Å². The van der Waals surface area contributed by atoms with Gasteiger partial charge >= 0.3 is 5.97 Å². The number of nitrogens with one attached hydrogen (secondary N) is 1. The Morgan fingerprint density at radius 3 is 2.24 bits per heavy atom. The average Bonchev–Trinajstić information content (AvgIpc) is 3.11. The number of methoxy groups -OCH3 is 1. The molecule has 0 aliphatic rings. The predicted molar refractivity (Wildman–Crippen MR) is 114 cm³/mol. The van der Waals surface area contributed by atoms with E-state index < -0.39 is 27.5 Å². The SMILES string of the molecule is COC(=O)c1sc(-c2ccccc2)cc1NC(=O)CS(=O)(=O)Cc1ccccc1. The fourth-order valence-electron chi connectivity index (χ4n) is 2.74. The average molecular weight is 430 g/mol. The molecule has 1 amide bonds. The van der Waals surface area contributed by atoms with Gasteiger partial charge in [0.25, 0.3) is 0 Å². The summed E-state index contributed by atoms with van der Waals surface area (Å²) in [5.41, 5.74) is 1.72. The van der Waals surface area contributed by atoms with Crippen molar-refractivity contribution < 1.29 is 22.7 Å². The van der Waals surface area contributed by atoms with Crippen LogP contribution in [-0.4, -0.2) is 33.2 Å². The highest BCUT2D eigenvalue weighted by Crippen LogP contribution is 2.35. The van der Waals surface area contributed by atoms with E-state index >= 15 is 0 Å². The number of sulfone groups is 1. The second-order valence-electron chi connectivity index (χ2n) is 6.28. The first kappa shape index (κ1) is 20.8. The number of carbonyl (C=O) groups is 2. The van der Waals surface area contributed by atoms with Crippen LogP contribution in [0.5, 0.6) is 0 Å². The van der Waals surface area contributed by atoms with Crippen molar-refractivity contribution in [2.45, 2.75) is 5.75 Å². The number of ether oxygens (including phenoxy) is 1. The van der Waals surface area contributed by atoms with E-state index in [-0.39, 0.29) is 16.3 Å². The van der Waals surface area contributed by atoms with E-state index in [1.54, 1.807) is 36.4 Å². The van der Waals surface area contributed by atoms with Gasteiger partial charge in [0.1, 0.15) is 10.6 Å². The topological polar surface area (TPSA) is 89.5 Å². The number of benzene rings is 2. The van der Waals surface area contributed by atoms with Crippen LogP contribution in [0.15, 0.2) is 66.7 Å². The maximum Gasteiger partial charge on any atom is 0.350 e. The first-order chi connectivity index (χ1) is 13.9. The molecule has 0 saturated carbocycles. The summed E-state index contributed by atoms with van der Waals surface area (Å²) in [7, 11) is -2.41. The summed E-state index contributed by atoms with van der Waals surface area (Å²) in [4.78, 5) is 25.5. The fraction of sp³-hybridized carbons (Fsp3) is 0.143. The van der Waals surface area contributed by atoms with Crippen LogP contribution in [0.4, 0.5) is 5.69 Å². The quantitative estimate of drug-likeness (QED) is 0.578. The van der Waals surface area contributed by atoms with Gasteiger partial charge in [-0.15, -0.1) is 11.3 Å². The molecule has 0 saturated heterocycles. The molecule has 3 rings (SSSR count). The third-order valence-corrected chi connectivity index (χ3v) is 6.66. The first-order valence-electron chi connectivity index (χ1n) is 8.70. The molecule has 1 N–H and O–H groups in total. The van der Waals surface area contributed by atoms with Crippen molar-refractivity contribution in [3.05, 3.63) is 77.2 Å². The summed E-state index contributed by atoms with van der Waals surface area (Å²) in [6.07, 6.45) is 0. The maximum absolute atomic E-state index is 12.4. The summed E-state index contributed by atoms with van der Waals surface area (Å²) in [5, 5.41) is 2.55. The minimum Gasteiger partial charge on any atom is -0.465 e. The van der Waals surface area contributed by atoms with Crippen molar-refractivity contribution in [1.82, 2.24) is 0 Å². The minimum absolute atomic E-state index is 0.208. The highest BCUT2D eigenvalue weighted by molar-refractivity contribution is 7.91. The van der Waals surface area contributed by atoms with Crippen LogP contribution in [-0.2, 0) is 25.1 Å². The van der Waals surface area contributed by atoms with Crippen LogP contribution < -0.4 is 5.32 Å². The van der Waals surface area contributed by atoms with Gasteiger partial charge in [-0.25, -0.2) is 13.2 Å². The summed E-state index contributed by atoms with van der Waals surface area (Å²) < 4.78 is 29.5. The lowest BCUT2D eigenvalue weighted by Crippen LogP contribution is -2.24. The first-order valence-corrected chi connectivity index (χ1v) is 11.3. The van der Waals surface area contributed by atoms with Gasteiger partial charge in [0, 0.05) is 4.88 Å². The number of carbonyl (C=O) groups excluding carboxylic acids is 2. The molecule has 0 spiro atoms. The lowest BCUT2D eigenvalue weighted by molar-refractivity contribution is -0.113. The number of amides is 1. The van der Waals surface area contributed by atoms with E-state index in [1.165, 1.54) is 18.4 Å². The van der Waals surface area contributed by atoms with Crippen molar-refractivity contribution in [3.63, 3.8) is 0 Å². The molecule has 0 bridgehead atoms. The second-order valence-corrected chi connectivity index (χ2v) is 9.39. The predicted octanol–water partition coefficient (Wildman–Crippen LogP) is 3.76. The van der Waals surface area contributed by atoms with Crippen molar-refractivity contribution in [2.24, 2.45) is 0 Å². The fourth-order valence-corrected chi connectivity index (χ4v) is 5.05. The van der Waals surface area contributed by atoms with Gasteiger partial charge in [-0.2, -0.15) is 0 Å². The van der Waals surface area contributed by atoms with Gasteiger partial charge in [0.05, 0.1) is 18.6 Å². The Hall–Kier alpha value is -2.97. The van der Waals surface area contributed by atoms with Gasteiger partial charge < -0.3 is 10.1 Å². The van der Waals surface area contributed by atoms with E-state index in [9.17, 15) is 18.0 Å². The van der Waals surface area contributed by atoms with Crippen LogP contribution >= 0.6 is 11.3 Å². The van der Waals surface area contributed by atoms with Crippen LogP contribution in [0, 0.1) is 0 Å². The molecule has 0 aliphatic carbocycles. The van der Waals surface area contributed by atoms with Crippen molar-refractivity contribution >= 4 is 38.7 Å². The van der Waals surface area contributed by atoms with Crippen molar-refractivity contribution in [1.29, 1.82) is 0 Å². The van der Waals surface area contributed by atoms with Gasteiger partial charge in [0.15, 0.2) is 9.84 Å². The Balaban J connectivity index is 1.78. The zero-order chi connectivity index (χ0) is 20.9. The Morgan fingerprint density at radius 1 is 1.00 bits per heavy atom. The highest BCUT2D eigenvalue weighted by atomic mass is 32.2. The summed E-state index contributed by atoms with van der Waals surface area (Å²) in [6.45, 7) is 0. The lowest BCUT2D eigenvalue weighted by Gasteiger charge is -2.07. The number of rotatable bonds is 7. The molecule has 3 aromatic rings. The van der Waals surface area contributed by atoms with Crippen LogP contribution in [0.1, 0.15) is 15.2 Å². The molecule has 6 nitrogen and oxygen atoms in total. The highest BCUT2D eigenvalue weighted by Gasteiger charge is 2.22. The number of thiophene rings is 1. The number of esters is 1. The van der Waals surface area contributed by atoms with Crippen LogP contribution in [0.2, 0.25) is 0 Å². The molecular weight excluding hydrogens is 410 g/mol. The van der Waals surface area contributed by atoms with Gasteiger partial charge in [-0.1, -0.05) is 60.7 Å². The van der Waals surface area contributed by atoms with Crippen molar-refractivity contribution in [2.75, 3.05) is 18.2 Å². The summed E-state index contributed by atoms with van der Waals surface area (Å²) in [5.74, 6) is -2.22. The Kier molecular flexibility index (Phi) is 6.46. The molecule has 0 unspecified atom stereocenters. The van der Waals surface area contributed by atoms with E-state index in [2.05, 4.69) is 5.32 Å². The summed E-state index contributed by atoms with van der Waals surface area (Å²) >= 11 is 1.17. The zero-order valence-electron chi connectivity index (χ0n) is 15.6. The normalized spacial score (nSPS) is 11.1. The van der Waals surface area contributed by atoms with E-state index in [0.717, 1.165) is 10.4 Å². The number of hydrogen-bond acceptors (Lipinski definition) is 6. The third kappa shape index (κ3) is 5.52. The number of hydrogen-bond donors (Lipinski definition) is 1. The van der Waals surface area contributed by atoms with Gasteiger partial charge in [-0.3, -0.25) is 4.79 Å². The van der Waals surface area contributed by atoms with E-state index in [0.29, 0.717) is 5.56 Å². The molecule has 0 fully saturated rings. The molecule has 8 heteroatoms. The molecule has 0 aliphatic heterocycles. The van der Waals surface area contributed by atoms with Gasteiger partial charge in [-0.05, 0) is 17.2 Å². The smallest absolute Gasteiger partial charge is 0.350 e.